The predicted molar refractivity (Wildman–Crippen MR) is 68.5 cm³/mol. The van der Waals surface area contributed by atoms with Gasteiger partial charge in [-0.05, 0) is 6.07 Å². The molecule has 0 bridgehead atoms. The SMILES string of the molecule is COc1cc(OC)c(OC)cc1CNCCCl. The van der Waals surface area contributed by atoms with Gasteiger partial charge in [-0.15, -0.1) is 11.6 Å². The van der Waals surface area contributed by atoms with Crippen LogP contribution in [0.15, 0.2) is 12.1 Å². The van der Waals surface area contributed by atoms with Gasteiger partial charge in [0.2, 0.25) is 0 Å². The van der Waals surface area contributed by atoms with E-state index in [9.17, 15) is 0 Å². The van der Waals surface area contributed by atoms with E-state index in [2.05, 4.69) is 5.32 Å². The van der Waals surface area contributed by atoms with E-state index in [-0.39, 0.29) is 0 Å². The van der Waals surface area contributed by atoms with E-state index in [0.29, 0.717) is 23.9 Å². The molecular formula is C12H18ClNO3. The molecule has 1 aromatic carbocycles. The molecule has 0 saturated carbocycles. The number of alkyl halides is 1. The smallest absolute Gasteiger partial charge is 0.164 e. The zero-order valence-corrected chi connectivity index (χ0v) is 11.1. The first-order valence-electron chi connectivity index (χ1n) is 5.32. The van der Waals surface area contributed by atoms with Crippen LogP contribution in [0.1, 0.15) is 5.56 Å². The largest absolute Gasteiger partial charge is 0.496 e. The summed E-state index contributed by atoms with van der Waals surface area (Å²) < 4.78 is 15.8. The Morgan fingerprint density at radius 2 is 1.59 bits per heavy atom. The third-order valence-electron chi connectivity index (χ3n) is 2.37. The zero-order chi connectivity index (χ0) is 12.7. The van der Waals surface area contributed by atoms with E-state index >= 15 is 0 Å². The molecule has 1 N–H and O–H groups in total. The van der Waals surface area contributed by atoms with E-state index in [0.717, 1.165) is 17.9 Å². The Kier molecular flexibility index (Phi) is 5.94. The standard InChI is InChI=1S/C12H18ClNO3/c1-15-10-7-12(17-3)11(16-2)6-9(10)8-14-5-4-13/h6-7,14H,4-5,8H2,1-3H3. The average molecular weight is 260 g/mol. The summed E-state index contributed by atoms with van der Waals surface area (Å²) in [5, 5.41) is 3.21. The predicted octanol–water partition coefficient (Wildman–Crippen LogP) is 2.04. The summed E-state index contributed by atoms with van der Waals surface area (Å²) in [4.78, 5) is 0. The Morgan fingerprint density at radius 1 is 1.00 bits per heavy atom. The molecule has 0 fully saturated rings. The minimum absolute atomic E-state index is 0.579. The van der Waals surface area contributed by atoms with Crippen LogP contribution in [0.3, 0.4) is 0 Å². The Hall–Kier alpha value is -1.13. The molecule has 0 aromatic heterocycles. The van der Waals surface area contributed by atoms with Crippen LogP contribution in [-0.2, 0) is 6.54 Å². The van der Waals surface area contributed by atoms with Crippen LogP contribution in [0.4, 0.5) is 0 Å². The minimum atomic E-state index is 0.579. The highest BCUT2D eigenvalue weighted by molar-refractivity contribution is 6.18. The van der Waals surface area contributed by atoms with Gasteiger partial charge in [-0.1, -0.05) is 0 Å². The molecule has 96 valence electrons. The molecule has 1 rings (SSSR count). The molecule has 0 spiro atoms. The summed E-state index contributed by atoms with van der Waals surface area (Å²) in [5.74, 6) is 2.70. The van der Waals surface area contributed by atoms with Gasteiger partial charge in [-0.3, -0.25) is 0 Å². The molecule has 17 heavy (non-hydrogen) atoms. The van der Waals surface area contributed by atoms with Crippen molar-refractivity contribution in [1.82, 2.24) is 5.32 Å². The first-order chi connectivity index (χ1) is 8.26. The van der Waals surface area contributed by atoms with Gasteiger partial charge in [0.1, 0.15) is 5.75 Å². The van der Waals surface area contributed by atoms with Crippen molar-refractivity contribution in [1.29, 1.82) is 0 Å². The molecule has 0 aliphatic rings. The molecule has 0 unspecified atom stereocenters. The van der Waals surface area contributed by atoms with Crippen molar-refractivity contribution in [3.8, 4) is 17.2 Å². The molecular weight excluding hydrogens is 242 g/mol. The van der Waals surface area contributed by atoms with E-state index in [4.69, 9.17) is 25.8 Å². The van der Waals surface area contributed by atoms with Crippen LogP contribution in [-0.4, -0.2) is 33.8 Å². The van der Waals surface area contributed by atoms with Crippen LogP contribution in [0.2, 0.25) is 0 Å². The van der Waals surface area contributed by atoms with Crippen LogP contribution in [0.5, 0.6) is 17.2 Å². The molecule has 0 aliphatic carbocycles. The fraction of sp³-hybridized carbons (Fsp3) is 0.500. The van der Waals surface area contributed by atoms with E-state index < -0.39 is 0 Å². The third kappa shape index (κ3) is 3.68. The highest BCUT2D eigenvalue weighted by Crippen LogP contribution is 2.34. The highest BCUT2D eigenvalue weighted by atomic mass is 35.5. The van der Waals surface area contributed by atoms with Crippen molar-refractivity contribution < 1.29 is 14.2 Å². The number of halogens is 1. The summed E-state index contributed by atoms with van der Waals surface area (Å²) in [6.07, 6.45) is 0. The topological polar surface area (TPSA) is 39.7 Å². The minimum Gasteiger partial charge on any atom is -0.496 e. The molecule has 1 aromatic rings. The molecule has 0 heterocycles. The van der Waals surface area contributed by atoms with Crippen molar-refractivity contribution in [3.05, 3.63) is 17.7 Å². The molecule has 0 atom stereocenters. The van der Waals surface area contributed by atoms with Gasteiger partial charge in [-0.25, -0.2) is 0 Å². The summed E-state index contributed by atoms with van der Waals surface area (Å²) in [6, 6.07) is 3.72. The normalized spacial score (nSPS) is 10.1. The maximum absolute atomic E-state index is 5.61. The quantitative estimate of drug-likeness (QED) is 0.601. The maximum Gasteiger partial charge on any atom is 0.164 e. The van der Waals surface area contributed by atoms with Crippen molar-refractivity contribution in [2.24, 2.45) is 0 Å². The second-order valence-electron chi connectivity index (χ2n) is 3.38. The van der Waals surface area contributed by atoms with Crippen molar-refractivity contribution in [3.63, 3.8) is 0 Å². The van der Waals surface area contributed by atoms with Crippen LogP contribution in [0.25, 0.3) is 0 Å². The summed E-state index contributed by atoms with van der Waals surface area (Å²) in [5.41, 5.74) is 1.01. The number of benzene rings is 1. The van der Waals surface area contributed by atoms with Gasteiger partial charge in [0.15, 0.2) is 11.5 Å². The number of ether oxygens (including phenoxy) is 3. The van der Waals surface area contributed by atoms with Crippen molar-refractivity contribution in [2.75, 3.05) is 33.8 Å². The Labute approximate surface area is 107 Å². The number of methoxy groups -OCH3 is 3. The lowest BCUT2D eigenvalue weighted by Gasteiger charge is -2.14. The molecule has 0 saturated heterocycles. The fourth-order valence-electron chi connectivity index (χ4n) is 1.52. The van der Waals surface area contributed by atoms with Gasteiger partial charge < -0.3 is 19.5 Å². The molecule has 0 amide bonds. The van der Waals surface area contributed by atoms with Crippen LogP contribution >= 0.6 is 11.6 Å². The monoisotopic (exact) mass is 259 g/mol. The summed E-state index contributed by atoms with van der Waals surface area (Å²) >= 11 is 5.61. The third-order valence-corrected chi connectivity index (χ3v) is 2.56. The Bertz CT molecular complexity index is 358. The average Bonchev–Trinajstić information content (AvgIpc) is 2.38. The van der Waals surface area contributed by atoms with Gasteiger partial charge in [0.05, 0.1) is 21.3 Å². The fourth-order valence-corrected chi connectivity index (χ4v) is 1.65. The highest BCUT2D eigenvalue weighted by Gasteiger charge is 2.11. The molecule has 0 aliphatic heterocycles. The maximum atomic E-state index is 5.61. The first kappa shape index (κ1) is 13.9. The van der Waals surface area contributed by atoms with Gasteiger partial charge >= 0.3 is 0 Å². The number of nitrogens with one attached hydrogen (secondary N) is 1. The molecule has 0 radical (unpaired) electrons. The number of hydrogen-bond acceptors (Lipinski definition) is 4. The Balaban J connectivity index is 2.93. The van der Waals surface area contributed by atoms with Crippen LogP contribution in [0, 0.1) is 0 Å². The first-order valence-corrected chi connectivity index (χ1v) is 5.85. The molecule has 4 nitrogen and oxygen atoms in total. The van der Waals surface area contributed by atoms with Gasteiger partial charge in [0, 0.05) is 30.6 Å². The molecule has 5 heteroatoms. The second kappa shape index (κ2) is 7.25. The van der Waals surface area contributed by atoms with Gasteiger partial charge in [-0.2, -0.15) is 0 Å². The lowest BCUT2D eigenvalue weighted by atomic mass is 10.1. The summed E-state index contributed by atoms with van der Waals surface area (Å²) in [6.45, 7) is 1.43. The van der Waals surface area contributed by atoms with E-state index in [1.807, 2.05) is 12.1 Å². The van der Waals surface area contributed by atoms with Crippen LogP contribution < -0.4 is 19.5 Å². The zero-order valence-electron chi connectivity index (χ0n) is 10.4. The second-order valence-corrected chi connectivity index (χ2v) is 3.76. The van der Waals surface area contributed by atoms with Crippen molar-refractivity contribution in [2.45, 2.75) is 6.54 Å². The number of hydrogen-bond donors (Lipinski definition) is 1. The van der Waals surface area contributed by atoms with Crippen molar-refractivity contribution >= 4 is 11.6 Å². The Morgan fingerprint density at radius 3 is 2.12 bits per heavy atom. The number of rotatable bonds is 7. The lowest BCUT2D eigenvalue weighted by Crippen LogP contribution is -2.16. The lowest BCUT2D eigenvalue weighted by molar-refractivity contribution is 0.347. The van der Waals surface area contributed by atoms with E-state index in [1.165, 1.54) is 0 Å². The summed E-state index contributed by atoms with van der Waals surface area (Å²) in [7, 11) is 4.84. The van der Waals surface area contributed by atoms with E-state index in [1.54, 1.807) is 21.3 Å². The van der Waals surface area contributed by atoms with Gasteiger partial charge in [0.25, 0.3) is 0 Å².